The van der Waals surface area contributed by atoms with Gasteiger partial charge < -0.3 is 14.2 Å². The molecule has 1 aliphatic heterocycles. The Balaban J connectivity index is 1.92. The van der Waals surface area contributed by atoms with E-state index < -0.39 is 6.04 Å². The molecular formula is C26H30N2O3. The van der Waals surface area contributed by atoms with Crippen LogP contribution >= 0.6 is 0 Å². The number of fused-ring (bicyclic) bond motifs is 2. The van der Waals surface area contributed by atoms with Gasteiger partial charge in [-0.05, 0) is 68.2 Å². The molecule has 3 aromatic rings. The third kappa shape index (κ3) is 3.68. The van der Waals surface area contributed by atoms with Crippen molar-refractivity contribution in [3.05, 3.63) is 80.2 Å². The second-order valence-corrected chi connectivity index (χ2v) is 9.13. The number of carbonyl (C=O) groups excluding carboxylic acids is 1. The number of benzene rings is 2. The summed E-state index contributed by atoms with van der Waals surface area (Å²) in [5.41, 5.74) is 5.05. The highest BCUT2D eigenvalue weighted by Gasteiger charge is 2.42. The van der Waals surface area contributed by atoms with E-state index in [1.807, 2.05) is 57.1 Å². The Labute approximate surface area is 183 Å². The van der Waals surface area contributed by atoms with Crippen LogP contribution in [0.3, 0.4) is 0 Å². The molecular weight excluding hydrogens is 388 g/mol. The molecule has 0 aliphatic carbocycles. The molecule has 0 N–H and O–H groups in total. The van der Waals surface area contributed by atoms with Crippen LogP contribution < -0.4 is 5.43 Å². The molecule has 0 saturated heterocycles. The van der Waals surface area contributed by atoms with Gasteiger partial charge in [-0.15, -0.1) is 0 Å². The summed E-state index contributed by atoms with van der Waals surface area (Å²) >= 11 is 0. The van der Waals surface area contributed by atoms with Gasteiger partial charge >= 0.3 is 0 Å². The predicted octanol–water partition coefficient (Wildman–Crippen LogP) is 4.64. The van der Waals surface area contributed by atoms with E-state index in [0.717, 1.165) is 16.7 Å². The van der Waals surface area contributed by atoms with Crippen molar-refractivity contribution in [1.29, 1.82) is 0 Å². The Hall–Kier alpha value is -2.92. The average Bonchev–Trinajstić information content (AvgIpc) is 3.00. The van der Waals surface area contributed by atoms with Crippen molar-refractivity contribution in [2.24, 2.45) is 0 Å². The highest BCUT2D eigenvalue weighted by Crippen LogP contribution is 2.38. The quantitative estimate of drug-likeness (QED) is 0.606. The summed E-state index contributed by atoms with van der Waals surface area (Å²) in [5.74, 6) is 0.376. The number of carbonyl (C=O) groups is 1. The van der Waals surface area contributed by atoms with Crippen molar-refractivity contribution in [2.45, 2.75) is 39.7 Å². The van der Waals surface area contributed by atoms with Crippen molar-refractivity contribution in [1.82, 2.24) is 9.80 Å². The molecule has 1 amide bonds. The highest BCUT2D eigenvalue weighted by atomic mass is 16.3. The van der Waals surface area contributed by atoms with Gasteiger partial charge in [0.15, 0.2) is 5.43 Å². The number of nitrogens with zero attached hydrogens (tertiary/aromatic N) is 2. The van der Waals surface area contributed by atoms with Gasteiger partial charge in [0.2, 0.25) is 5.76 Å². The molecule has 162 valence electrons. The smallest absolute Gasteiger partial charge is 0.290 e. The lowest BCUT2D eigenvalue weighted by atomic mass is 9.95. The molecule has 5 nitrogen and oxygen atoms in total. The fourth-order valence-electron chi connectivity index (χ4n) is 4.22. The molecule has 1 aromatic heterocycles. The fraction of sp³-hybridized carbons (Fsp3) is 0.385. The van der Waals surface area contributed by atoms with Crippen LogP contribution in [0.15, 0.2) is 45.6 Å². The monoisotopic (exact) mass is 418 g/mol. The molecule has 2 heterocycles. The molecule has 0 spiro atoms. The number of rotatable bonds is 5. The summed E-state index contributed by atoms with van der Waals surface area (Å²) in [4.78, 5) is 30.8. The lowest BCUT2D eigenvalue weighted by Gasteiger charge is -2.26. The molecule has 2 aromatic carbocycles. The second kappa shape index (κ2) is 7.97. The lowest BCUT2D eigenvalue weighted by molar-refractivity contribution is 0.0716. The van der Waals surface area contributed by atoms with E-state index in [4.69, 9.17) is 4.42 Å². The molecule has 4 rings (SSSR count). The Bertz CT molecular complexity index is 1210. The summed E-state index contributed by atoms with van der Waals surface area (Å²) in [7, 11) is 3.95. The van der Waals surface area contributed by atoms with E-state index in [1.54, 1.807) is 4.90 Å². The first-order chi connectivity index (χ1) is 14.7. The van der Waals surface area contributed by atoms with E-state index in [2.05, 4.69) is 26.0 Å². The maximum Gasteiger partial charge on any atom is 0.290 e. The zero-order valence-corrected chi connectivity index (χ0v) is 19.2. The Morgan fingerprint density at radius 3 is 2.29 bits per heavy atom. The van der Waals surface area contributed by atoms with Crippen LogP contribution in [0.1, 0.15) is 64.2 Å². The first-order valence-corrected chi connectivity index (χ1v) is 10.8. The first-order valence-electron chi connectivity index (χ1n) is 10.8. The van der Waals surface area contributed by atoms with E-state index >= 15 is 0 Å². The first kappa shape index (κ1) is 21.3. The fourth-order valence-corrected chi connectivity index (χ4v) is 4.22. The number of likely N-dealkylation sites (N-methyl/N-ethyl adjacent to an activating group) is 1. The molecule has 0 unspecified atom stereocenters. The minimum atomic E-state index is -0.439. The third-order valence-corrected chi connectivity index (χ3v) is 6.29. The van der Waals surface area contributed by atoms with E-state index in [0.29, 0.717) is 35.5 Å². The standard InChI is InChI=1S/C26H30N2O3/c1-15(2)18-7-9-19(10-8-18)23-22-24(29)20-13-16(3)17(4)14-21(20)31-25(22)26(30)28(23)12-11-27(5)6/h7-10,13-15,23H,11-12H2,1-6H3/t23-/m1/s1. The largest absolute Gasteiger partial charge is 0.450 e. The molecule has 0 bridgehead atoms. The topological polar surface area (TPSA) is 53.8 Å². The van der Waals surface area contributed by atoms with Crippen molar-refractivity contribution < 1.29 is 9.21 Å². The third-order valence-electron chi connectivity index (χ3n) is 6.29. The molecule has 31 heavy (non-hydrogen) atoms. The second-order valence-electron chi connectivity index (χ2n) is 9.13. The molecule has 0 radical (unpaired) electrons. The molecule has 0 saturated carbocycles. The number of hydrogen-bond acceptors (Lipinski definition) is 4. The van der Waals surface area contributed by atoms with Crippen molar-refractivity contribution in [3.63, 3.8) is 0 Å². The minimum absolute atomic E-state index is 0.113. The van der Waals surface area contributed by atoms with Gasteiger partial charge in [-0.3, -0.25) is 9.59 Å². The Morgan fingerprint density at radius 1 is 1.03 bits per heavy atom. The predicted molar refractivity (Wildman–Crippen MR) is 124 cm³/mol. The molecule has 1 atom stereocenters. The van der Waals surface area contributed by atoms with Gasteiger partial charge in [-0.2, -0.15) is 0 Å². The molecule has 5 heteroatoms. The van der Waals surface area contributed by atoms with Crippen LogP contribution in [0.25, 0.3) is 11.0 Å². The zero-order valence-electron chi connectivity index (χ0n) is 19.2. The summed E-state index contributed by atoms with van der Waals surface area (Å²) in [6, 6.07) is 11.5. The number of aryl methyl sites for hydroxylation is 2. The average molecular weight is 419 g/mol. The van der Waals surface area contributed by atoms with Gasteiger partial charge in [0, 0.05) is 13.1 Å². The van der Waals surface area contributed by atoms with Crippen LogP contribution in [0.4, 0.5) is 0 Å². The maximum atomic E-state index is 13.6. The van der Waals surface area contributed by atoms with Gasteiger partial charge in [-0.25, -0.2) is 0 Å². The van der Waals surface area contributed by atoms with Crippen LogP contribution in [-0.2, 0) is 0 Å². The van der Waals surface area contributed by atoms with Gasteiger partial charge in [0.1, 0.15) is 5.58 Å². The molecule has 1 aliphatic rings. The van der Waals surface area contributed by atoms with E-state index in [-0.39, 0.29) is 17.1 Å². The maximum absolute atomic E-state index is 13.6. The summed E-state index contributed by atoms with van der Waals surface area (Å²) in [6.45, 7) is 9.48. The number of hydrogen-bond donors (Lipinski definition) is 0. The summed E-state index contributed by atoms with van der Waals surface area (Å²) in [6.07, 6.45) is 0. The number of amides is 1. The summed E-state index contributed by atoms with van der Waals surface area (Å²) < 4.78 is 6.08. The van der Waals surface area contributed by atoms with Crippen LogP contribution in [-0.4, -0.2) is 42.9 Å². The van der Waals surface area contributed by atoms with Crippen LogP contribution in [0.2, 0.25) is 0 Å². The van der Waals surface area contributed by atoms with Crippen LogP contribution in [0.5, 0.6) is 0 Å². The van der Waals surface area contributed by atoms with E-state index in [1.165, 1.54) is 5.56 Å². The minimum Gasteiger partial charge on any atom is -0.450 e. The molecule has 0 fully saturated rings. The Morgan fingerprint density at radius 2 is 1.68 bits per heavy atom. The van der Waals surface area contributed by atoms with Gasteiger partial charge in [-0.1, -0.05) is 38.1 Å². The summed E-state index contributed by atoms with van der Waals surface area (Å²) in [5, 5.41) is 0.535. The zero-order chi connectivity index (χ0) is 22.4. The Kier molecular flexibility index (Phi) is 5.48. The van der Waals surface area contributed by atoms with Gasteiger partial charge in [0.25, 0.3) is 5.91 Å². The highest BCUT2D eigenvalue weighted by molar-refractivity contribution is 5.99. The van der Waals surface area contributed by atoms with Crippen molar-refractivity contribution in [3.8, 4) is 0 Å². The lowest BCUT2D eigenvalue weighted by Crippen LogP contribution is -2.35. The van der Waals surface area contributed by atoms with E-state index in [9.17, 15) is 9.59 Å². The normalized spacial score (nSPS) is 16.1. The van der Waals surface area contributed by atoms with Crippen LogP contribution in [0, 0.1) is 13.8 Å². The van der Waals surface area contributed by atoms with Crippen molar-refractivity contribution in [2.75, 3.05) is 27.2 Å². The van der Waals surface area contributed by atoms with Crippen molar-refractivity contribution >= 4 is 16.9 Å². The van der Waals surface area contributed by atoms with Gasteiger partial charge in [0.05, 0.1) is 17.0 Å². The SMILES string of the molecule is Cc1cc2oc3c(c(=O)c2cc1C)[C@@H](c1ccc(C(C)C)cc1)N(CCN(C)C)C3=O.